The monoisotopic (exact) mass is 679 g/mol. The third-order valence-corrected chi connectivity index (χ3v) is 3.48. The van der Waals surface area contributed by atoms with E-state index in [0.29, 0.717) is 0 Å². The van der Waals surface area contributed by atoms with Crippen LogP contribution >= 0.6 is 0 Å². The summed E-state index contributed by atoms with van der Waals surface area (Å²) < 4.78 is 238. The molecule has 0 rings (SSSR count). The van der Waals surface area contributed by atoms with Crippen LogP contribution in [0.15, 0.2) is 0 Å². The van der Waals surface area contributed by atoms with Gasteiger partial charge < -0.3 is 0 Å². The van der Waals surface area contributed by atoms with E-state index in [4.69, 9.17) is 0 Å². The van der Waals surface area contributed by atoms with Gasteiger partial charge in [-0.15, -0.1) is 0 Å². The maximum atomic E-state index is 12.5. The van der Waals surface area contributed by atoms with E-state index >= 15 is 0 Å². The zero-order valence-electron chi connectivity index (χ0n) is 16.9. The Morgan fingerprint density at radius 1 is 0.359 bits per heavy atom. The molecule has 4 nitrogen and oxygen atoms in total. The minimum Gasteiger partial charge on any atom is -0.292 e. The van der Waals surface area contributed by atoms with Crippen molar-refractivity contribution in [2.75, 3.05) is 0 Å². The van der Waals surface area contributed by atoms with Gasteiger partial charge in [-0.1, -0.05) is 0 Å². The zero-order chi connectivity index (χ0) is 31.7. The minimum atomic E-state index is -6.89. The standard InChI is InChI=1S/2C7H2F10O2.Cu/c2*8-4(9,6(13,14)7(15,16)17)2(18)1-3(19)5(10,11)12;/h2*1H2;. The summed E-state index contributed by atoms with van der Waals surface area (Å²) in [5.41, 5.74) is 0. The van der Waals surface area contributed by atoms with Crippen molar-refractivity contribution in [2.45, 2.75) is 61.2 Å². The molecular weight excluding hydrogens is 676 g/mol. The van der Waals surface area contributed by atoms with Crippen molar-refractivity contribution in [1.29, 1.82) is 0 Å². The van der Waals surface area contributed by atoms with E-state index < -0.39 is 84.4 Å². The SMILES string of the molecule is O=C(CC(=O)C(F)(F)C(F)(F)C(F)(F)F)C(F)(F)F.O=C(CC(=O)C(F)(F)C(F)(F)C(F)(F)F)C(F)(F)F.[Cu]. The average molecular weight is 680 g/mol. The first kappa shape index (κ1) is 41.3. The van der Waals surface area contributed by atoms with Gasteiger partial charge in [-0.05, 0) is 0 Å². The first-order valence-electron chi connectivity index (χ1n) is 8.01. The fourth-order valence-corrected chi connectivity index (χ4v) is 1.42. The van der Waals surface area contributed by atoms with Crippen LogP contribution in [-0.4, -0.2) is 71.5 Å². The van der Waals surface area contributed by atoms with Crippen LogP contribution in [0.3, 0.4) is 0 Å². The first-order valence-corrected chi connectivity index (χ1v) is 8.01. The van der Waals surface area contributed by atoms with Gasteiger partial charge in [0, 0.05) is 17.1 Å². The number of hydrogen-bond donors (Lipinski definition) is 0. The van der Waals surface area contributed by atoms with Gasteiger partial charge in [-0.25, -0.2) is 0 Å². The fourth-order valence-electron chi connectivity index (χ4n) is 1.42. The molecule has 0 aliphatic carbocycles. The molecule has 39 heavy (non-hydrogen) atoms. The van der Waals surface area contributed by atoms with Crippen LogP contribution in [-0.2, 0) is 36.2 Å². The Hall–Kier alpha value is -2.20. The number of Topliss-reactive ketones (excluding diaryl/α,β-unsaturated/α-hetero) is 4. The summed E-state index contributed by atoms with van der Waals surface area (Å²) in [7, 11) is 0. The van der Waals surface area contributed by atoms with Crippen LogP contribution < -0.4 is 0 Å². The smallest absolute Gasteiger partial charge is 0.292 e. The predicted octanol–water partition coefficient (Wildman–Crippen LogP) is 5.82. The molecule has 235 valence electrons. The molecule has 0 bridgehead atoms. The Bertz CT molecular complexity index is 833. The van der Waals surface area contributed by atoms with Crippen molar-refractivity contribution in [2.24, 2.45) is 0 Å². The molecule has 25 heteroatoms. The molecular formula is C14H4CuF20O4. The predicted molar refractivity (Wildman–Crippen MR) is 73.3 cm³/mol. The Balaban J connectivity index is -0.000000648. The minimum absolute atomic E-state index is 0. The van der Waals surface area contributed by atoms with Gasteiger partial charge in [0.25, 0.3) is 0 Å². The molecule has 0 aromatic carbocycles. The van der Waals surface area contributed by atoms with Crippen LogP contribution in [0.4, 0.5) is 87.8 Å². The summed E-state index contributed by atoms with van der Waals surface area (Å²) in [6.45, 7) is 0. The molecule has 0 saturated carbocycles. The Kier molecular flexibility index (Phi) is 12.8. The number of rotatable bonds is 8. The summed E-state index contributed by atoms with van der Waals surface area (Å²) in [6.07, 6.45) is -31.0. The van der Waals surface area contributed by atoms with Gasteiger partial charge in [0.2, 0.25) is 23.1 Å². The van der Waals surface area contributed by atoms with Crippen molar-refractivity contribution in [3.8, 4) is 0 Å². The van der Waals surface area contributed by atoms with E-state index in [9.17, 15) is 107 Å². The summed E-state index contributed by atoms with van der Waals surface area (Å²) >= 11 is 0. The number of carbonyl (C=O) groups excluding carboxylic acids is 4. The molecule has 0 amide bonds. The topological polar surface area (TPSA) is 68.3 Å². The van der Waals surface area contributed by atoms with E-state index in [1.165, 1.54) is 0 Å². The van der Waals surface area contributed by atoms with E-state index in [-0.39, 0.29) is 17.1 Å². The number of carbonyl (C=O) groups is 4. The largest absolute Gasteiger partial charge is 0.460 e. The summed E-state index contributed by atoms with van der Waals surface area (Å²) in [6, 6.07) is 0. The van der Waals surface area contributed by atoms with Gasteiger partial charge in [-0.3, -0.25) is 19.2 Å². The molecule has 0 aromatic heterocycles. The van der Waals surface area contributed by atoms with Crippen molar-refractivity contribution in [1.82, 2.24) is 0 Å². The van der Waals surface area contributed by atoms with Crippen LogP contribution in [0, 0.1) is 0 Å². The molecule has 0 unspecified atom stereocenters. The summed E-state index contributed by atoms with van der Waals surface area (Å²) in [4.78, 5) is 40.9. The summed E-state index contributed by atoms with van der Waals surface area (Å²) in [5, 5.41) is 0. The summed E-state index contributed by atoms with van der Waals surface area (Å²) in [5.74, 6) is -40.0. The number of alkyl halides is 20. The van der Waals surface area contributed by atoms with Crippen LogP contribution in [0.2, 0.25) is 0 Å². The molecule has 0 N–H and O–H groups in total. The van der Waals surface area contributed by atoms with Crippen LogP contribution in [0.25, 0.3) is 0 Å². The molecule has 0 aromatic rings. The van der Waals surface area contributed by atoms with E-state index in [0.717, 1.165) is 0 Å². The second-order valence-corrected chi connectivity index (χ2v) is 6.33. The fraction of sp³-hybridized carbons (Fsp3) is 0.714. The van der Waals surface area contributed by atoms with Crippen LogP contribution in [0.1, 0.15) is 12.8 Å². The Morgan fingerprint density at radius 2 is 0.538 bits per heavy atom. The molecule has 0 aliphatic rings. The third-order valence-electron chi connectivity index (χ3n) is 3.48. The van der Waals surface area contributed by atoms with Crippen molar-refractivity contribution >= 4 is 23.1 Å². The van der Waals surface area contributed by atoms with E-state index in [1.54, 1.807) is 0 Å². The second-order valence-electron chi connectivity index (χ2n) is 6.33. The van der Waals surface area contributed by atoms with E-state index in [2.05, 4.69) is 0 Å². The van der Waals surface area contributed by atoms with Gasteiger partial charge in [0.15, 0.2) is 0 Å². The van der Waals surface area contributed by atoms with Gasteiger partial charge in [-0.2, -0.15) is 87.8 Å². The molecule has 0 spiro atoms. The van der Waals surface area contributed by atoms with E-state index in [1.807, 2.05) is 0 Å². The van der Waals surface area contributed by atoms with Crippen molar-refractivity contribution < 1.29 is 124 Å². The Morgan fingerprint density at radius 3 is 0.667 bits per heavy atom. The van der Waals surface area contributed by atoms with Crippen molar-refractivity contribution in [3.05, 3.63) is 0 Å². The maximum absolute atomic E-state index is 12.5. The molecule has 0 atom stereocenters. The van der Waals surface area contributed by atoms with Gasteiger partial charge >= 0.3 is 48.4 Å². The second kappa shape index (κ2) is 12.1. The zero-order valence-corrected chi connectivity index (χ0v) is 17.8. The number of hydrogen-bond acceptors (Lipinski definition) is 4. The number of ketones is 4. The third kappa shape index (κ3) is 9.45. The Labute approximate surface area is 209 Å². The first-order chi connectivity index (χ1) is 16.1. The van der Waals surface area contributed by atoms with Gasteiger partial charge in [0.1, 0.15) is 0 Å². The maximum Gasteiger partial charge on any atom is 0.460 e. The molecule has 1 radical (unpaired) electrons. The normalized spacial score (nSPS) is 14.1. The molecule has 0 fully saturated rings. The average Bonchev–Trinajstić information content (AvgIpc) is 2.64. The molecule has 0 aliphatic heterocycles. The van der Waals surface area contributed by atoms with Crippen LogP contribution in [0.5, 0.6) is 0 Å². The molecule has 0 saturated heterocycles. The van der Waals surface area contributed by atoms with Gasteiger partial charge in [0.05, 0.1) is 12.8 Å². The number of halogens is 20. The molecule has 0 heterocycles. The quantitative estimate of drug-likeness (QED) is 0.184. The van der Waals surface area contributed by atoms with Crippen molar-refractivity contribution in [3.63, 3.8) is 0 Å².